The summed E-state index contributed by atoms with van der Waals surface area (Å²) in [6, 6.07) is 12.9. The van der Waals surface area contributed by atoms with Gasteiger partial charge in [-0.15, -0.1) is 11.3 Å². The van der Waals surface area contributed by atoms with Crippen LogP contribution in [0.15, 0.2) is 60.2 Å². The number of rotatable bonds is 4. The molecular weight excluding hydrogens is 441 g/mol. The predicted molar refractivity (Wildman–Crippen MR) is 130 cm³/mol. The number of aryl methyl sites for hydroxylation is 2. The lowest BCUT2D eigenvalue weighted by Crippen LogP contribution is -2.29. The third kappa shape index (κ3) is 3.40. The van der Waals surface area contributed by atoms with Crippen molar-refractivity contribution in [2.45, 2.75) is 32.9 Å². The average molecular weight is 464 g/mol. The van der Waals surface area contributed by atoms with Crippen LogP contribution in [-0.4, -0.2) is 19.6 Å². The Kier molecular flexibility index (Phi) is 5.27. The van der Waals surface area contributed by atoms with E-state index < -0.39 is 0 Å². The van der Waals surface area contributed by atoms with Crippen LogP contribution in [0, 0.1) is 26.6 Å². The minimum atomic E-state index is -0.230. The van der Waals surface area contributed by atoms with Crippen molar-refractivity contribution in [3.8, 4) is 5.13 Å². The standard InChI is InChI=1S/C24H22FN5S2/c1-14-12-17(7-8-19(14)25)30-22(21(28-23(30)31)20-6-4-5-9-26-20)18-13-15(2)29(16(18)3)24-27-10-11-32-24/h4-13,21-22H,1-3H3,(H,28,31)/t21-,22-/m1/s1. The molecule has 0 saturated carbocycles. The largest absolute Gasteiger partial charge is 0.351 e. The van der Waals surface area contributed by atoms with Gasteiger partial charge in [-0.25, -0.2) is 9.37 Å². The molecule has 1 aliphatic heterocycles. The summed E-state index contributed by atoms with van der Waals surface area (Å²) in [4.78, 5) is 11.2. The maximum Gasteiger partial charge on any atom is 0.193 e. The zero-order valence-electron chi connectivity index (χ0n) is 17.9. The van der Waals surface area contributed by atoms with Gasteiger partial charge in [-0.3, -0.25) is 9.55 Å². The summed E-state index contributed by atoms with van der Waals surface area (Å²) < 4.78 is 16.2. The second-order valence-electron chi connectivity index (χ2n) is 7.91. The molecule has 1 fully saturated rings. The number of hydrogen-bond acceptors (Lipinski definition) is 4. The van der Waals surface area contributed by atoms with Crippen molar-refractivity contribution >= 4 is 34.4 Å². The van der Waals surface area contributed by atoms with Gasteiger partial charge in [0.05, 0.1) is 17.8 Å². The molecule has 5 nitrogen and oxygen atoms in total. The summed E-state index contributed by atoms with van der Waals surface area (Å²) in [7, 11) is 0. The third-order valence-corrected chi connectivity index (χ3v) is 6.99. The normalized spacial score (nSPS) is 18.2. The molecule has 0 aliphatic carbocycles. The molecule has 32 heavy (non-hydrogen) atoms. The van der Waals surface area contributed by atoms with Crippen molar-refractivity contribution in [3.05, 3.63) is 94.3 Å². The fraction of sp³-hybridized carbons (Fsp3) is 0.208. The summed E-state index contributed by atoms with van der Waals surface area (Å²) in [6.45, 7) is 5.96. The lowest BCUT2D eigenvalue weighted by atomic mass is 9.96. The maximum atomic E-state index is 14.0. The number of aromatic nitrogens is 3. The van der Waals surface area contributed by atoms with Crippen LogP contribution in [-0.2, 0) is 0 Å². The second-order valence-corrected chi connectivity index (χ2v) is 9.17. The quantitative estimate of drug-likeness (QED) is 0.401. The third-order valence-electron chi connectivity index (χ3n) is 5.92. The molecule has 5 rings (SSSR count). The molecule has 0 radical (unpaired) electrons. The molecule has 0 bridgehead atoms. The SMILES string of the molecule is Cc1cc(N2C(=S)N[C@H](c3ccccn3)[C@H]2c2cc(C)n(-c3nccs3)c2C)ccc1F. The first kappa shape index (κ1) is 20.8. The Morgan fingerprint density at radius 2 is 1.91 bits per heavy atom. The highest BCUT2D eigenvalue weighted by molar-refractivity contribution is 7.80. The van der Waals surface area contributed by atoms with Crippen LogP contribution >= 0.6 is 23.6 Å². The Labute approximate surface area is 195 Å². The van der Waals surface area contributed by atoms with Crippen molar-refractivity contribution in [2.24, 2.45) is 0 Å². The fourth-order valence-corrected chi connectivity index (χ4v) is 5.53. The molecule has 1 aromatic carbocycles. The molecule has 0 unspecified atom stereocenters. The monoisotopic (exact) mass is 463 g/mol. The van der Waals surface area contributed by atoms with Crippen LogP contribution in [0.1, 0.15) is 40.3 Å². The van der Waals surface area contributed by atoms with E-state index in [4.69, 9.17) is 12.2 Å². The molecule has 0 spiro atoms. The van der Waals surface area contributed by atoms with Gasteiger partial charge in [-0.05, 0) is 80.5 Å². The number of pyridine rings is 1. The maximum absolute atomic E-state index is 14.0. The Balaban J connectivity index is 1.69. The van der Waals surface area contributed by atoms with Crippen molar-refractivity contribution in [1.29, 1.82) is 0 Å². The molecule has 1 N–H and O–H groups in total. The molecule has 2 atom stereocenters. The minimum Gasteiger partial charge on any atom is -0.351 e. The van der Waals surface area contributed by atoms with E-state index in [0.717, 1.165) is 33.5 Å². The number of nitrogens with one attached hydrogen (secondary N) is 1. The lowest BCUT2D eigenvalue weighted by Gasteiger charge is -2.28. The average Bonchev–Trinajstić information content (AvgIpc) is 3.49. The van der Waals surface area contributed by atoms with E-state index in [9.17, 15) is 4.39 Å². The van der Waals surface area contributed by atoms with Gasteiger partial charge in [0.2, 0.25) is 0 Å². The Morgan fingerprint density at radius 1 is 1.06 bits per heavy atom. The number of halogens is 1. The van der Waals surface area contributed by atoms with Crippen LogP contribution in [0.2, 0.25) is 0 Å². The molecule has 8 heteroatoms. The summed E-state index contributed by atoms with van der Waals surface area (Å²) >= 11 is 7.39. The second kappa shape index (κ2) is 8.11. The summed E-state index contributed by atoms with van der Waals surface area (Å²) in [6.07, 6.45) is 3.61. The number of hydrogen-bond donors (Lipinski definition) is 1. The Hall–Kier alpha value is -3.10. The van der Waals surface area contributed by atoms with Gasteiger partial charge in [-0.2, -0.15) is 0 Å². The van der Waals surface area contributed by atoms with E-state index in [2.05, 4.69) is 44.7 Å². The van der Waals surface area contributed by atoms with Gasteiger partial charge >= 0.3 is 0 Å². The van der Waals surface area contributed by atoms with Crippen molar-refractivity contribution in [1.82, 2.24) is 19.9 Å². The van der Waals surface area contributed by atoms with E-state index in [1.54, 1.807) is 30.5 Å². The van der Waals surface area contributed by atoms with Gasteiger partial charge in [0.15, 0.2) is 10.2 Å². The van der Waals surface area contributed by atoms with Crippen LogP contribution < -0.4 is 10.2 Å². The highest BCUT2D eigenvalue weighted by Gasteiger charge is 2.42. The molecule has 0 amide bonds. The smallest absolute Gasteiger partial charge is 0.193 e. The van der Waals surface area contributed by atoms with Crippen molar-refractivity contribution in [2.75, 3.05) is 4.90 Å². The van der Waals surface area contributed by atoms with Gasteiger partial charge in [-0.1, -0.05) is 6.07 Å². The zero-order chi connectivity index (χ0) is 22.4. The number of anilines is 1. The molecular formula is C24H22FN5S2. The Bertz CT molecular complexity index is 1280. The van der Waals surface area contributed by atoms with Gasteiger partial charge in [0.1, 0.15) is 5.82 Å². The Morgan fingerprint density at radius 3 is 2.59 bits per heavy atom. The molecule has 4 heterocycles. The van der Waals surface area contributed by atoms with Crippen molar-refractivity contribution in [3.63, 3.8) is 0 Å². The summed E-state index contributed by atoms with van der Waals surface area (Å²) in [5, 5.41) is 6.97. The van der Waals surface area contributed by atoms with Crippen LogP contribution in [0.25, 0.3) is 5.13 Å². The summed E-state index contributed by atoms with van der Waals surface area (Å²) in [5.41, 5.74) is 5.66. The van der Waals surface area contributed by atoms with E-state index in [-0.39, 0.29) is 17.9 Å². The molecule has 4 aromatic rings. The highest BCUT2D eigenvalue weighted by atomic mass is 32.1. The van der Waals surface area contributed by atoms with E-state index in [1.807, 2.05) is 35.8 Å². The van der Waals surface area contributed by atoms with Crippen LogP contribution in [0.5, 0.6) is 0 Å². The molecule has 162 valence electrons. The first-order valence-corrected chi connectivity index (χ1v) is 11.6. The van der Waals surface area contributed by atoms with Gasteiger partial charge in [0, 0.05) is 34.8 Å². The number of benzene rings is 1. The minimum absolute atomic E-state index is 0.151. The van der Waals surface area contributed by atoms with E-state index in [1.165, 1.54) is 6.07 Å². The topological polar surface area (TPSA) is 46.0 Å². The fourth-order valence-electron chi connectivity index (χ4n) is 4.44. The number of nitrogens with zero attached hydrogens (tertiary/aromatic N) is 4. The first-order chi connectivity index (χ1) is 15.5. The number of thiocarbonyl (C=S) groups is 1. The molecule has 1 aliphatic rings. The first-order valence-electron chi connectivity index (χ1n) is 10.3. The van der Waals surface area contributed by atoms with Gasteiger partial charge < -0.3 is 10.2 Å². The van der Waals surface area contributed by atoms with E-state index in [0.29, 0.717) is 10.7 Å². The molecule has 1 saturated heterocycles. The van der Waals surface area contributed by atoms with E-state index >= 15 is 0 Å². The van der Waals surface area contributed by atoms with Crippen LogP contribution in [0.3, 0.4) is 0 Å². The predicted octanol–water partition coefficient (Wildman–Crippen LogP) is 5.57. The lowest BCUT2D eigenvalue weighted by molar-refractivity contribution is 0.564. The van der Waals surface area contributed by atoms with Gasteiger partial charge in [0.25, 0.3) is 0 Å². The summed E-state index contributed by atoms with van der Waals surface area (Å²) in [5.74, 6) is -0.230. The zero-order valence-corrected chi connectivity index (χ0v) is 19.5. The van der Waals surface area contributed by atoms with Crippen molar-refractivity contribution < 1.29 is 4.39 Å². The molecule has 3 aromatic heterocycles. The highest BCUT2D eigenvalue weighted by Crippen LogP contribution is 2.44. The van der Waals surface area contributed by atoms with Crippen LogP contribution in [0.4, 0.5) is 10.1 Å². The number of thiazole rings is 1.